The third-order valence-electron chi connectivity index (χ3n) is 5.36. The van der Waals surface area contributed by atoms with E-state index in [0.717, 1.165) is 0 Å². The molecule has 1 aliphatic rings. The van der Waals surface area contributed by atoms with Crippen molar-refractivity contribution in [2.75, 3.05) is 7.11 Å². The van der Waals surface area contributed by atoms with Crippen LogP contribution < -0.4 is 4.74 Å². The lowest BCUT2D eigenvalue weighted by atomic mass is 9.95. The van der Waals surface area contributed by atoms with E-state index in [2.05, 4.69) is 4.98 Å². The summed E-state index contributed by atoms with van der Waals surface area (Å²) in [6, 6.07) is 14.5. The molecule has 1 aromatic heterocycles. The maximum absolute atomic E-state index is 13.1. The number of carbonyl (C=O) groups is 2. The van der Waals surface area contributed by atoms with Gasteiger partial charge in [-0.25, -0.2) is 0 Å². The first-order valence-electron chi connectivity index (χ1n) is 9.97. The van der Waals surface area contributed by atoms with Crippen LogP contribution in [-0.4, -0.2) is 38.7 Å². The number of aromatic nitrogens is 1. The Bertz CT molecular complexity index is 1270. The number of non-ortho nitro benzene ring substituents is 1. The SMILES string of the molecule is COc1cccc(/C(O)=C2\C(=O)C(=O)N(Cc3cccnc3)[C@H]2c2cccc([N+](=O)[O-])c2)c1. The fourth-order valence-corrected chi connectivity index (χ4v) is 3.81. The number of amides is 1. The smallest absolute Gasteiger partial charge is 0.295 e. The van der Waals surface area contributed by atoms with Gasteiger partial charge in [0.15, 0.2) is 0 Å². The van der Waals surface area contributed by atoms with Gasteiger partial charge in [-0.1, -0.05) is 30.3 Å². The number of nitrogens with zero attached hydrogens (tertiary/aromatic N) is 3. The number of aliphatic hydroxyl groups excluding tert-OH is 1. The fraction of sp³-hybridized carbons (Fsp3) is 0.125. The van der Waals surface area contributed by atoms with Gasteiger partial charge in [0.05, 0.1) is 23.6 Å². The van der Waals surface area contributed by atoms with Crippen LogP contribution in [0.25, 0.3) is 5.76 Å². The summed E-state index contributed by atoms with van der Waals surface area (Å²) in [5.41, 5.74) is 0.926. The average Bonchev–Trinajstić information content (AvgIpc) is 3.09. The molecule has 1 atom stereocenters. The monoisotopic (exact) mass is 445 g/mol. The molecule has 9 heteroatoms. The maximum atomic E-state index is 13.1. The second-order valence-electron chi connectivity index (χ2n) is 7.37. The van der Waals surface area contributed by atoms with Crippen molar-refractivity contribution in [3.05, 3.63) is 105 Å². The van der Waals surface area contributed by atoms with Gasteiger partial charge in [-0.3, -0.25) is 24.7 Å². The minimum atomic E-state index is -1.03. The lowest BCUT2D eigenvalue weighted by molar-refractivity contribution is -0.384. The third-order valence-corrected chi connectivity index (χ3v) is 5.36. The number of methoxy groups -OCH3 is 1. The largest absolute Gasteiger partial charge is 0.507 e. The van der Waals surface area contributed by atoms with Crippen LogP contribution in [0.5, 0.6) is 5.75 Å². The normalized spacial score (nSPS) is 17.2. The second kappa shape index (κ2) is 8.91. The van der Waals surface area contributed by atoms with E-state index in [4.69, 9.17) is 4.74 Å². The van der Waals surface area contributed by atoms with E-state index in [1.54, 1.807) is 48.8 Å². The highest BCUT2D eigenvalue weighted by molar-refractivity contribution is 6.46. The van der Waals surface area contributed by atoms with Crippen LogP contribution >= 0.6 is 0 Å². The number of hydrogen-bond donors (Lipinski definition) is 1. The van der Waals surface area contributed by atoms with Gasteiger partial charge in [-0.05, 0) is 29.3 Å². The zero-order chi connectivity index (χ0) is 23.5. The average molecular weight is 445 g/mol. The summed E-state index contributed by atoms with van der Waals surface area (Å²) >= 11 is 0. The number of nitro groups is 1. The molecule has 1 saturated heterocycles. The van der Waals surface area contributed by atoms with Crippen molar-refractivity contribution in [1.29, 1.82) is 0 Å². The van der Waals surface area contributed by atoms with E-state index in [1.165, 1.54) is 36.3 Å². The van der Waals surface area contributed by atoms with Crippen molar-refractivity contribution in [2.45, 2.75) is 12.6 Å². The molecule has 4 rings (SSSR count). The topological polar surface area (TPSA) is 123 Å². The molecule has 1 aliphatic heterocycles. The number of hydrogen-bond acceptors (Lipinski definition) is 7. The van der Waals surface area contributed by atoms with Gasteiger partial charge >= 0.3 is 0 Å². The minimum absolute atomic E-state index is 0.0284. The number of ketones is 1. The number of ether oxygens (including phenoxy) is 1. The van der Waals surface area contributed by atoms with Gasteiger partial charge in [0.25, 0.3) is 17.4 Å². The van der Waals surface area contributed by atoms with Gasteiger partial charge in [0, 0.05) is 36.6 Å². The molecule has 9 nitrogen and oxygen atoms in total. The molecular formula is C24H19N3O6. The first-order chi connectivity index (χ1) is 15.9. The Morgan fingerprint density at radius 3 is 2.64 bits per heavy atom. The third kappa shape index (κ3) is 4.16. The molecule has 3 aromatic rings. The van der Waals surface area contributed by atoms with Crippen molar-refractivity contribution in [3.63, 3.8) is 0 Å². The lowest BCUT2D eigenvalue weighted by Crippen LogP contribution is -2.29. The van der Waals surface area contributed by atoms with Crippen molar-refractivity contribution in [1.82, 2.24) is 9.88 Å². The van der Waals surface area contributed by atoms with Crippen LogP contribution in [-0.2, 0) is 16.1 Å². The van der Waals surface area contributed by atoms with Crippen molar-refractivity contribution < 1.29 is 24.4 Å². The van der Waals surface area contributed by atoms with Crippen LogP contribution in [0.3, 0.4) is 0 Å². The van der Waals surface area contributed by atoms with Crippen molar-refractivity contribution >= 4 is 23.1 Å². The molecule has 0 radical (unpaired) electrons. The molecule has 1 N–H and O–H groups in total. The molecule has 0 saturated carbocycles. The van der Waals surface area contributed by atoms with Crippen molar-refractivity contribution in [3.8, 4) is 5.75 Å². The molecule has 0 spiro atoms. The summed E-state index contributed by atoms with van der Waals surface area (Å²) in [4.78, 5) is 42.2. The Morgan fingerprint density at radius 2 is 1.94 bits per heavy atom. The van der Waals surface area contributed by atoms with Gasteiger partial charge < -0.3 is 14.7 Å². The quantitative estimate of drug-likeness (QED) is 0.202. The molecule has 33 heavy (non-hydrogen) atoms. The zero-order valence-corrected chi connectivity index (χ0v) is 17.5. The number of carbonyl (C=O) groups excluding carboxylic acids is 2. The summed E-state index contributed by atoms with van der Waals surface area (Å²) in [5, 5.41) is 22.5. The standard InChI is InChI=1S/C24H19N3O6/c1-33-19-9-3-7-17(12-19)22(28)20-21(16-6-2-8-18(11-16)27(31)32)26(24(30)23(20)29)14-15-5-4-10-25-13-15/h2-13,21,28H,14H2,1H3/b22-20+/t21-/m0/s1. The van der Waals surface area contributed by atoms with Crippen LogP contribution in [0.4, 0.5) is 5.69 Å². The number of rotatable bonds is 6. The van der Waals surface area contributed by atoms with E-state index in [1.807, 2.05) is 0 Å². The highest BCUT2D eigenvalue weighted by atomic mass is 16.6. The summed E-state index contributed by atoms with van der Waals surface area (Å²) in [7, 11) is 1.47. The van der Waals surface area contributed by atoms with Crippen LogP contribution in [0.1, 0.15) is 22.7 Å². The van der Waals surface area contributed by atoms with E-state index in [9.17, 15) is 24.8 Å². The number of likely N-dealkylation sites (tertiary alicyclic amines) is 1. The highest BCUT2D eigenvalue weighted by Crippen LogP contribution is 2.41. The van der Waals surface area contributed by atoms with E-state index >= 15 is 0 Å². The molecule has 0 unspecified atom stereocenters. The molecule has 0 aliphatic carbocycles. The number of benzene rings is 2. The van der Waals surface area contributed by atoms with Crippen LogP contribution in [0.2, 0.25) is 0 Å². The summed E-state index contributed by atoms with van der Waals surface area (Å²) in [5.74, 6) is -1.64. The summed E-state index contributed by atoms with van der Waals surface area (Å²) < 4.78 is 5.19. The Balaban J connectivity index is 1.90. The number of aliphatic hydroxyl groups is 1. The zero-order valence-electron chi connectivity index (χ0n) is 17.5. The van der Waals surface area contributed by atoms with Crippen LogP contribution in [0, 0.1) is 10.1 Å². The molecule has 0 bridgehead atoms. The Morgan fingerprint density at radius 1 is 1.15 bits per heavy atom. The van der Waals surface area contributed by atoms with Crippen LogP contribution in [0.15, 0.2) is 78.6 Å². The number of Topliss-reactive ketones (excluding diaryl/α,β-unsaturated/α-hetero) is 1. The Kier molecular flexibility index (Phi) is 5.86. The molecule has 166 valence electrons. The number of nitro benzene ring substituents is 1. The van der Waals surface area contributed by atoms with Gasteiger partial charge in [0.1, 0.15) is 11.5 Å². The van der Waals surface area contributed by atoms with Gasteiger partial charge in [-0.2, -0.15) is 0 Å². The second-order valence-corrected chi connectivity index (χ2v) is 7.37. The first kappa shape index (κ1) is 21.7. The fourth-order valence-electron chi connectivity index (χ4n) is 3.81. The maximum Gasteiger partial charge on any atom is 0.295 e. The predicted molar refractivity (Wildman–Crippen MR) is 118 cm³/mol. The van der Waals surface area contributed by atoms with E-state index < -0.39 is 28.4 Å². The predicted octanol–water partition coefficient (Wildman–Crippen LogP) is 3.62. The lowest BCUT2D eigenvalue weighted by Gasteiger charge is -2.25. The molecule has 2 heterocycles. The minimum Gasteiger partial charge on any atom is -0.507 e. The molecular weight excluding hydrogens is 426 g/mol. The first-order valence-corrected chi connectivity index (χ1v) is 9.97. The molecule has 2 aromatic carbocycles. The van der Waals surface area contributed by atoms with E-state index in [0.29, 0.717) is 16.9 Å². The van der Waals surface area contributed by atoms with Crippen molar-refractivity contribution in [2.24, 2.45) is 0 Å². The summed E-state index contributed by atoms with van der Waals surface area (Å²) in [6.45, 7) is 0.0284. The molecule has 1 fully saturated rings. The van der Waals surface area contributed by atoms with Gasteiger partial charge in [0.2, 0.25) is 0 Å². The highest BCUT2D eigenvalue weighted by Gasteiger charge is 2.46. The number of pyridine rings is 1. The summed E-state index contributed by atoms with van der Waals surface area (Å²) in [6.07, 6.45) is 3.14. The van der Waals surface area contributed by atoms with Gasteiger partial charge in [-0.15, -0.1) is 0 Å². The Labute approximate surface area is 188 Å². The van der Waals surface area contributed by atoms with E-state index in [-0.39, 0.29) is 23.4 Å². The Hall–Kier alpha value is -4.53. The molecule has 1 amide bonds.